The molecule has 0 aromatic heterocycles. The first-order chi connectivity index (χ1) is 7.30. The van der Waals surface area contributed by atoms with E-state index in [2.05, 4.69) is 34.6 Å². The van der Waals surface area contributed by atoms with Crippen LogP contribution in [0, 0.1) is 5.41 Å². The Morgan fingerprint density at radius 2 is 1.62 bits per heavy atom. The third kappa shape index (κ3) is 1.99. The number of ether oxygens (including phenoxy) is 1. The Labute approximate surface area is 97.3 Å². The van der Waals surface area contributed by atoms with Crippen LogP contribution >= 0.6 is 0 Å². The van der Waals surface area contributed by atoms with Crippen LogP contribution in [-0.2, 0) is 4.74 Å². The summed E-state index contributed by atoms with van der Waals surface area (Å²) in [5, 5.41) is 0. The molecule has 0 aromatic carbocycles. The van der Waals surface area contributed by atoms with E-state index in [4.69, 9.17) is 10.5 Å². The van der Waals surface area contributed by atoms with Crippen LogP contribution in [0.4, 0.5) is 4.79 Å². The summed E-state index contributed by atoms with van der Waals surface area (Å²) in [6.45, 7) is 11.2. The topological polar surface area (TPSA) is 52.3 Å². The molecule has 0 aliphatic heterocycles. The van der Waals surface area contributed by atoms with Gasteiger partial charge in [0.2, 0.25) is 0 Å². The van der Waals surface area contributed by atoms with Crippen molar-refractivity contribution in [1.29, 1.82) is 0 Å². The standard InChI is InChI=1S/C13H21NO2/c1-8-9(2)11(4)13(5,10(8)3)6-7-16-12(14)15/h6-7H2,1-5H3,(H2,14,15). The average Bonchev–Trinajstić information content (AvgIpc) is 2.35. The monoisotopic (exact) mass is 223 g/mol. The van der Waals surface area contributed by atoms with Gasteiger partial charge in [0.25, 0.3) is 0 Å². The van der Waals surface area contributed by atoms with E-state index in [1.54, 1.807) is 0 Å². The highest BCUT2D eigenvalue weighted by atomic mass is 16.5. The van der Waals surface area contributed by atoms with E-state index in [9.17, 15) is 4.79 Å². The summed E-state index contributed by atoms with van der Waals surface area (Å²) in [6, 6.07) is 0. The molecule has 1 rings (SSSR count). The maximum Gasteiger partial charge on any atom is 0.404 e. The Morgan fingerprint density at radius 3 is 2.00 bits per heavy atom. The van der Waals surface area contributed by atoms with Gasteiger partial charge in [-0.3, -0.25) is 0 Å². The predicted molar refractivity (Wildman–Crippen MR) is 65.0 cm³/mol. The lowest BCUT2D eigenvalue weighted by Crippen LogP contribution is -2.22. The minimum Gasteiger partial charge on any atom is -0.450 e. The van der Waals surface area contributed by atoms with Crippen molar-refractivity contribution in [2.75, 3.05) is 6.61 Å². The van der Waals surface area contributed by atoms with Crippen molar-refractivity contribution in [3.8, 4) is 0 Å². The minimum absolute atomic E-state index is 0.0175. The number of carbonyl (C=O) groups is 1. The first-order valence-corrected chi connectivity index (χ1v) is 5.59. The molecule has 3 nitrogen and oxygen atoms in total. The number of carbonyl (C=O) groups excluding carboxylic acids is 1. The van der Waals surface area contributed by atoms with E-state index in [1.807, 2.05) is 0 Å². The highest BCUT2D eigenvalue weighted by molar-refractivity contribution is 5.64. The molecule has 0 saturated carbocycles. The molecule has 0 spiro atoms. The summed E-state index contributed by atoms with van der Waals surface area (Å²) < 4.78 is 4.83. The third-order valence-electron chi connectivity index (χ3n) is 4.19. The largest absolute Gasteiger partial charge is 0.450 e. The Hall–Kier alpha value is -1.25. The number of rotatable bonds is 3. The third-order valence-corrected chi connectivity index (χ3v) is 4.19. The molecule has 0 fully saturated rings. The number of allylic oxidation sites excluding steroid dienone is 4. The molecule has 1 amide bonds. The molecule has 16 heavy (non-hydrogen) atoms. The van der Waals surface area contributed by atoms with Crippen molar-refractivity contribution in [2.24, 2.45) is 11.1 Å². The van der Waals surface area contributed by atoms with E-state index in [-0.39, 0.29) is 5.41 Å². The number of amides is 1. The average molecular weight is 223 g/mol. The van der Waals surface area contributed by atoms with Gasteiger partial charge in [-0.1, -0.05) is 18.1 Å². The van der Waals surface area contributed by atoms with Gasteiger partial charge in [-0.15, -0.1) is 0 Å². The van der Waals surface area contributed by atoms with Gasteiger partial charge in [-0.25, -0.2) is 4.79 Å². The molecule has 2 N–H and O–H groups in total. The Balaban J connectivity index is 2.82. The molecule has 0 aromatic rings. The summed E-state index contributed by atoms with van der Waals surface area (Å²) >= 11 is 0. The van der Waals surface area contributed by atoms with E-state index >= 15 is 0 Å². The fourth-order valence-corrected chi connectivity index (χ4v) is 2.40. The van der Waals surface area contributed by atoms with Gasteiger partial charge in [0, 0.05) is 5.41 Å². The van der Waals surface area contributed by atoms with Gasteiger partial charge in [-0.05, 0) is 45.3 Å². The second kappa shape index (κ2) is 4.32. The molecule has 0 atom stereocenters. The van der Waals surface area contributed by atoms with Crippen molar-refractivity contribution >= 4 is 6.09 Å². The maximum absolute atomic E-state index is 10.5. The van der Waals surface area contributed by atoms with Gasteiger partial charge in [-0.2, -0.15) is 0 Å². The maximum atomic E-state index is 10.5. The van der Waals surface area contributed by atoms with E-state index in [0.717, 1.165) is 6.42 Å². The van der Waals surface area contributed by atoms with Crippen LogP contribution in [0.25, 0.3) is 0 Å². The van der Waals surface area contributed by atoms with Crippen molar-refractivity contribution in [2.45, 2.75) is 41.0 Å². The lowest BCUT2D eigenvalue weighted by Gasteiger charge is -2.28. The lowest BCUT2D eigenvalue weighted by atomic mass is 9.77. The summed E-state index contributed by atoms with van der Waals surface area (Å²) in [6.07, 6.45) is 0.0979. The molecule has 90 valence electrons. The van der Waals surface area contributed by atoms with Crippen LogP contribution < -0.4 is 5.73 Å². The Bertz CT molecular complexity index is 353. The minimum atomic E-state index is -0.696. The van der Waals surface area contributed by atoms with Crippen LogP contribution in [0.1, 0.15) is 41.0 Å². The summed E-state index contributed by atoms with van der Waals surface area (Å²) in [5.41, 5.74) is 10.4. The van der Waals surface area contributed by atoms with Crippen molar-refractivity contribution < 1.29 is 9.53 Å². The zero-order chi connectivity index (χ0) is 12.5. The molecule has 3 heteroatoms. The van der Waals surface area contributed by atoms with E-state index < -0.39 is 6.09 Å². The number of hydrogen-bond acceptors (Lipinski definition) is 2. The second-order valence-corrected chi connectivity index (χ2v) is 4.75. The van der Waals surface area contributed by atoms with Crippen molar-refractivity contribution in [3.05, 3.63) is 22.3 Å². The van der Waals surface area contributed by atoms with Crippen LogP contribution in [0.5, 0.6) is 0 Å². The van der Waals surface area contributed by atoms with E-state index in [1.165, 1.54) is 22.3 Å². The molecule has 0 heterocycles. The first kappa shape index (κ1) is 12.8. The molecular weight excluding hydrogens is 202 g/mol. The fraction of sp³-hybridized carbons (Fsp3) is 0.615. The Kier molecular flexibility index (Phi) is 3.46. The smallest absolute Gasteiger partial charge is 0.404 e. The fourth-order valence-electron chi connectivity index (χ4n) is 2.40. The van der Waals surface area contributed by atoms with Crippen LogP contribution in [0.2, 0.25) is 0 Å². The van der Waals surface area contributed by atoms with Gasteiger partial charge < -0.3 is 10.5 Å². The molecule has 0 unspecified atom stereocenters. The highest BCUT2D eigenvalue weighted by Crippen LogP contribution is 2.48. The number of primary amides is 1. The normalized spacial score (nSPS) is 19.3. The predicted octanol–water partition coefficient (Wildman–Crippen LogP) is 3.16. The first-order valence-electron chi connectivity index (χ1n) is 5.59. The van der Waals surface area contributed by atoms with Crippen molar-refractivity contribution in [1.82, 2.24) is 0 Å². The van der Waals surface area contributed by atoms with Crippen LogP contribution in [-0.4, -0.2) is 12.7 Å². The van der Waals surface area contributed by atoms with Gasteiger partial charge in [0.1, 0.15) is 0 Å². The second-order valence-electron chi connectivity index (χ2n) is 4.75. The van der Waals surface area contributed by atoms with Crippen LogP contribution in [0.3, 0.4) is 0 Å². The molecule has 0 saturated heterocycles. The van der Waals surface area contributed by atoms with Crippen molar-refractivity contribution in [3.63, 3.8) is 0 Å². The number of hydrogen-bond donors (Lipinski definition) is 1. The van der Waals surface area contributed by atoms with Gasteiger partial charge in [0.05, 0.1) is 6.61 Å². The quantitative estimate of drug-likeness (QED) is 0.799. The highest BCUT2D eigenvalue weighted by Gasteiger charge is 2.35. The molecule has 1 aliphatic carbocycles. The van der Waals surface area contributed by atoms with Crippen LogP contribution in [0.15, 0.2) is 22.3 Å². The molecular formula is C13H21NO2. The van der Waals surface area contributed by atoms with Gasteiger partial charge >= 0.3 is 6.09 Å². The summed E-state index contributed by atoms with van der Waals surface area (Å²) in [4.78, 5) is 10.5. The molecule has 0 radical (unpaired) electrons. The lowest BCUT2D eigenvalue weighted by molar-refractivity contribution is 0.145. The summed E-state index contributed by atoms with van der Waals surface area (Å²) in [5.74, 6) is 0. The molecule has 0 bridgehead atoms. The van der Waals surface area contributed by atoms with E-state index in [0.29, 0.717) is 6.61 Å². The SMILES string of the molecule is CC1=C(C)C(C)(CCOC(N)=O)C(C)=C1C. The molecule has 1 aliphatic rings. The van der Waals surface area contributed by atoms with Gasteiger partial charge in [0.15, 0.2) is 0 Å². The zero-order valence-corrected chi connectivity index (χ0v) is 10.8. The zero-order valence-electron chi connectivity index (χ0n) is 10.8. The Morgan fingerprint density at radius 1 is 1.19 bits per heavy atom. The number of nitrogens with two attached hydrogens (primary N) is 1. The summed E-state index contributed by atoms with van der Waals surface area (Å²) in [7, 11) is 0.